The molecule has 0 aliphatic carbocycles. The summed E-state index contributed by atoms with van der Waals surface area (Å²) < 4.78 is 5.43. The zero-order valence-corrected chi connectivity index (χ0v) is 13.0. The van der Waals surface area contributed by atoms with Crippen LogP contribution in [0.4, 0.5) is 0 Å². The number of likely N-dealkylation sites (tertiary alicyclic amines) is 1. The van der Waals surface area contributed by atoms with Gasteiger partial charge in [0.2, 0.25) is 0 Å². The highest BCUT2D eigenvalue weighted by Crippen LogP contribution is 2.20. The molecule has 0 spiro atoms. The van der Waals surface area contributed by atoms with Gasteiger partial charge in [0.15, 0.2) is 0 Å². The molecule has 5 heteroatoms. The van der Waals surface area contributed by atoms with Crippen LogP contribution in [0.15, 0.2) is 16.9 Å². The number of nitrogens with one attached hydrogen (secondary N) is 1. The van der Waals surface area contributed by atoms with Gasteiger partial charge in [-0.3, -0.25) is 9.59 Å². The molecule has 1 aliphatic rings. The summed E-state index contributed by atoms with van der Waals surface area (Å²) in [5.41, 5.74) is 0.778. The van der Waals surface area contributed by atoms with Crippen molar-refractivity contribution in [1.82, 2.24) is 9.88 Å². The summed E-state index contributed by atoms with van der Waals surface area (Å²) in [5.74, 6) is 0.0492. The normalized spacial score (nSPS) is 18.5. The Morgan fingerprint density at radius 3 is 2.86 bits per heavy atom. The van der Waals surface area contributed by atoms with E-state index in [1.807, 2.05) is 26.8 Å². The van der Waals surface area contributed by atoms with E-state index in [-0.39, 0.29) is 29.0 Å². The van der Waals surface area contributed by atoms with Gasteiger partial charge >= 0.3 is 0 Å². The van der Waals surface area contributed by atoms with Crippen LogP contribution in [-0.4, -0.2) is 41.6 Å². The topological polar surface area (TPSA) is 62.4 Å². The van der Waals surface area contributed by atoms with Gasteiger partial charge in [0.1, 0.15) is 5.56 Å². The summed E-state index contributed by atoms with van der Waals surface area (Å²) >= 11 is 0. The first kappa shape index (κ1) is 15.8. The molecule has 2 heterocycles. The molecule has 0 unspecified atom stereocenters. The third-order valence-electron chi connectivity index (χ3n) is 3.94. The van der Waals surface area contributed by atoms with Crippen LogP contribution >= 0.6 is 0 Å². The number of pyridine rings is 1. The molecule has 2 rings (SSSR count). The van der Waals surface area contributed by atoms with E-state index in [1.165, 1.54) is 0 Å². The number of nitrogens with zero attached hydrogens (tertiary/aromatic N) is 1. The Labute approximate surface area is 125 Å². The zero-order chi connectivity index (χ0) is 15.4. The predicted molar refractivity (Wildman–Crippen MR) is 81.7 cm³/mol. The highest BCUT2D eigenvalue weighted by Gasteiger charge is 2.30. The molecule has 116 valence electrons. The second kappa shape index (κ2) is 6.89. The lowest BCUT2D eigenvalue weighted by Gasteiger charge is -2.24. The van der Waals surface area contributed by atoms with E-state index in [2.05, 4.69) is 4.98 Å². The van der Waals surface area contributed by atoms with Crippen molar-refractivity contribution in [2.75, 3.05) is 19.8 Å². The quantitative estimate of drug-likeness (QED) is 0.904. The first-order valence-electron chi connectivity index (χ1n) is 7.66. The van der Waals surface area contributed by atoms with Crippen molar-refractivity contribution in [3.05, 3.63) is 33.7 Å². The van der Waals surface area contributed by atoms with E-state index < -0.39 is 0 Å². The largest absolute Gasteiger partial charge is 0.380 e. The second-order valence-corrected chi connectivity index (χ2v) is 5.77. The van der Waals surface area contributed by atoms with Gasteiger partial charge in [-0.05, 0) is 37.8 Å². The molecule has 0 radical (unpaired) electrons. The van der Waals surface area contributed by atoms with Gasteiger partial charge < -0.3 is 14.6 Å². The highest BCUT2D eigenvalue weighted by molar-refractivity contribution is 5.94. The van der Waals surface area contributed by atoms with Crippen molar-refractivity contribution < 1.29 is 9.53 Å². The monoisotopic (exact) mass is 292 g/mol. The number of carbonyl (C=O) groups excluding carboxylic acids is 1. The minimum absolute atomic E-state index is 0.0848. The van der Waals surface area contributed by atoms with Gasteiger partial charge in [-0.15, -0.1) is 0 Å². The molecule has 0 aromatic carbocycles. The summed E-state index contributed by atoms with van der Waals surface area (Å²) in [7, 11) is 0. The van der Waals surface area contributed by atoms with Crippen molar-refractivity contribution in [3.8, 4) is 0 Å². The van der Waals surface area contributed by atoms with E-state index in [4.69, 9.17) is 4.74 Å². The van der Waals surface area contributed by atoms with Gasteiger partial charge in [0, 0.05) is 18.8 Å². The minimum atomic E-state index is -0.298. The minimum Gasteiger partial charge on any atom is -0.380 e. The maximum Gasteiger partial charge on any atom is 0.261 e. The number of rotatable bonds is 5. The Hall–Kier alpha value is -1.62. The van der Waals surface area contributed by atoms with Gasteiger partial charge in [-0.1, -0.05) is 13.8 Å². The third kappa shape index (κ3) is 3.53. The van der Waals surface area contributed by atoms with Crippen molar-refractivity contribution in [1.29, 1.82) is 0 Å². The maximum atomic E-state index is 12.6. The standard InChI is InChI=1S/C16H24N2O3/c1-4-21-10-12-6-5-9-18(12)16(20)13-7-8-14(11(2)3)17-15(13)19/h7-8,11-12H,4-6,9-10H2,1-3H3,(H,17,19)/t12-/m0/s1. The average molecular weight is 292 g/mol. The number of aromatic nitrogens is 1. The van der Waals surface area contributed by atoms with Crippen LogP contribution in [0, 0.1) is 0 Å². The lowest BCUT2D eigenvalue weighted by atomic mass is 10.1. The van der Waals surface area contributed by atoms with Gasteiger partial charge in [-0.25, -0.2) is 0 Å². The number of hydrogen-bond donors (Lipinski definition) is 1. The lowest BCUT2D eigenvalue weighted by Crippen LogP contribution is -2.40. The second-order valence-electron chi connectivity index (χ2n) is 5.77. The highest BCUT2D eigenvalue weighted by atomic mass is 16.5. The molecular weight excluding hydrogens is 268 g/mol. The van der Waals surface area contributed by atoms with E-state index in [1.54, 1.807) is 11.0 Å². The summed E-state index contributed by atoms with van der Waals surface area (Å²) in [6.45, 7) is 7.83. The van der Waals surface area contributed by atoms with Crippen LogP contribution in [0.5, 0.6) is 0 Å². The summed E-state index contributed by atoms with van der Waals surface area (Å²) in [5, 5.41) is 0. The molecule has 1 saturated heterocycles. The van der Waals surface area contributed by atoms with Crippen molar-refractivity contribution in [3.63, 3.8) is 0 Å². The number of H-pyrrole nitrogens is 1. The Bertz CT molecular complexity index is 551. The summed E-state index contributed by atoms with van der Waals surface area (Å²) in [6.07, 6.45) is 1.90. The fourth-order valence-electron chi connectivity index (χ4n) is 2.68. The molecule has 0 bridgehead atoms. The first-order chi connectivity index (χ1) is 10.0. The fourth-order valence-corrected chi connectivity index (χ4v) is 2.68. The average Bonchev–Trinajstić information content (AvgIpc) is 2.92. The number of ether oxygens (including phenoxy) is 1. The van der Waals surface area contributed by atoms with Crippen LogP contribution in [0.3, 0.4) is 0 Å². The SMILES string of the molecule is CCOC[C@@H]1CCCN1C(=O)c1ccc(C(C)C)[nH]c1=O. The third-order valence-corrected chi connectivity index (χ3v) is 3.94. The molecule has 0 saturated carbocycles. The van der Waals surface area contributed by atoms with Crippen molar-refractivity contribution >= 4 is 5.91 Å². The Morgan fingerprint density at radius 2 is 2.24 bits per heavy atom. The maximum absolute atomic E-state index is 12.6. The number of amides is 1. The molecule has 1 aliphatic heterocycles. The summed E-state index contributed by atoms with van der Waals surface area (Å²) in [6, 6.07) is 3.56. The van der Waals surface area contributed by atoms with E-state index in [9.17, 15) is 9.59 Å². The molecule has 1 aromatic rings. The Morgan fingerprint density at radius 1 is 1.48 bits per heavy atom. The van der Waals surface area contributed by atoms with Crippen LogP contribution in [-0.2, 0) is 4.74 Å². The molecule has 1 fully saturated rings. The molecule has 1 atom stereocenters. The zero-order valence-electron chi connectivity index (χ0n) is 13.0. The number of aromatic amines is 1. The first-order valence-corrected chi connectivity index (χ1v) is 7.66. The van der Waals surface area contributed by atoms with Crippen molar-refractivity contribution in [2.24, 2.45) is 0 Å². The van der Waals surface area contributed by atoms with Gasteiger partial charge in [-0.2, -0.15) is 0 Å². The van der Waals surface area contributed by atoms with E-state index in [0.717, 1.165) is 18.5 Å². The Kier molecular flexibility index (Phi) is 5.17. The molecule has 5 nitrogen and oxygen atoms in total. The van der Waals surface area contributed by atoms with E-state index in [0.29, 0.717) is 19.8 Å². The molecule has 1 amide bonds. The van der Waals surface area contributed by atoms with Gasteiger partial charge in [0.05, 0.1) is 12.6 Å². The van der Waals surface area contributed by atoms with Crippen LogP contribution in [0.2, 0.25) is 0 Å². The van der Waals surface area contributed by atoms with E-state index >= 15 is 0 Å². The Balaban J connectivity index is 2.17. The molecule has 1 aromatic heterocycles. The number of hydrogen-bond acceptors (Lipinski definition) is 3. The van der Waals surface area contributed by atoms with Gasteiger partial charge in [0.25, 0.3) is 11.5 Å². The smallest absolute Gasteiger partial charge is 0.261 e. The van der Waals surface area contributed by atoms with Crippen LogP contribution in [0.1, 0.15) is 55.6 Å². The molecular formula is C16H24N2O3. The van der Waals surface area contributed by atoms with Crippen molar-refractivity contribution in [2.45, 2.75) is 45.6 Å². The molecule has 1 N–H and O–H groups in total. The fraction of sp³-hybridized carbons (Fsp3) is 0.625. The predicted octanol–water partition coefficient (Wildman–Crippen LogP) is 2.14. The number of carbonyl (C=O) groups is 1. The van der Waals surface area contributed by atoms with Crippen LogP contribution < -0.4 is 5.56 Å². The van der Waals surface area contributed by atoms with Crippen LogP contribution in [0.25, 0.3) is 0 Å². The molecule has 21 heavy (non-hydrogen) atoms. The summed E-state index contributed by atoms with van der Waals surface area (Å²) in [4.78, 5) is 29.3. The lowest BCUT2D eigenvalue weighted by molar-refractivity contribution is 0.0563.